The third-order valence-electron chi connectivity index (χ3n) is 2.35. The largest absolute Gasteiger partial charge is 0.311 e. The summed E-state index contributed by atoms with van der Waals surface area (Å²) in [5, 5.41) is 5.58. The Kier molecular flexibility index (Phi) is 4.74. The van der Waals surface area contributed by atoms with Gasteiger partial charge in [-0.3, -0.25) is 0 Å². The molecule has 2 nitrogen and oxygen atoms in total. The zero-order valence-electron chi connectivity index (χ0n) is 10.2. The van der Waals surface area contributed by atoms with E-state index in [9.17, 15) is 0 Å². The second-order valence-corrected chi connectivity index (χ2v) is 6.06. The van der Waals surface area contributed by atoms with Gasteiger partial charge in [0.25, 0.3) is 0 Å². The van der Waals surface area contributed by atoms with Gasteiger partial charge in [0, 0.05) is 18.5 Å². The lowest BCUT2D eigenvalue weighted by molar-refractivity contribution is 0.272. The quantitative estimate of drug-likeness (QED) is 0.805. The van der Waals surface area contributed by atoms with Crippen molar-refractivity contribution in [2.45, 2.75) is 40.7 Å². The monoisotopic (exact) mass is 226 g/mol. The summed E-state index contributed by atoms with van der Waals surface area (Å²) in [4.78, 5) is 4.25. The fraction of sp³-hybridized carbons (Fsp3) is 0.750. The van der Waals surface area contributed by atoms with Crippen molar-refractivity contribution in [1.29, 1.82) is 0 Å². The number of aromatic nitrogens is 1. The van der Waals surface area contributed by atoms with Crippen molar-refractivity contribution < 1.29 is 0 Å². The van der Waals surface area contributed by atoms with E-state index in [1.807, 2.05) is 5.51 Å². The highest BCUT2D eigenvalue weighted by atomic mass is 32.1. The predicted molar refractivity (Wildman–Crippen MR) is 67.1 cm³/mol. The minimum Gasteiger partial charge on any atom is -0.311 e. The number of nitrogens with zero attached hydrogens (tertiary/aromatic N) is 1. The van der Waals surface area contributed by atoms with Gasteiger partial charge in [-0.15, -0.1) is 11.3 Å². The highest BCUT2D eigenvalue weighted by Gasteiger charge is 2.18. The molecule has 0 aliphatic rings. The third-order valence-corrected chi connectivity index (χ3v) is 2.99. The van der Waals surface area contributed by atoms with Gasteiger partial charge in [-0.1, -0.05) is 27.7 Å². The van der Waals surface area contributed by atoms with Gasteiger partial charge in [-0.05, 0) is 17.8 Å². The Morgan fingerprint density at radius 3 is 2.73 bits per heavy atom. The van der Waals surface area contributed by atoms with Crippen molar-refractivity contribution in [1.82, 2.24) is 10.3 Å². The van der Waals surface area contributed by atoms with Crippen LogP contribution in [0.1, 0.15) is 39.8 Å². The van der Waals surface area contributed by atoms with Crippen LogP contribution >= 0.6 is 11.3 Å². The van der Waals surface area contributed by atoms with Gasteiger partial charge in [-0.2, -0.15) is 0 Å². The van der Waals surface area contributed by atoms with Gasteiger partial charge in [0.05, 0.1) is 11.2 Å². The molecule has 1 aromatic rings. The Morgan fingerprint density at radius 2 is 2.20 bits per heavy atom. The van der Waals surface area contributed by atoms with Crippen molar-refractivity contribution in [2.75, 3.05) is 6.54 Å². The zero-order valence-corrected chi connectivity index (χ0v) is 11.0. The van der Waals surface area contributed by atoms with E-state index in [0.29, 0.717) is 5.41 Å². The summed E-state index contributed by atoms with van der Waals surface area (Å²) >= 11 is 1.66. The molecule has 0 radical (unpaired) electrons. The first-order valence-electron chi connectivity index (χ1n) is 5.57. The molecule has 0 amide bonds. The van der Waals surface area contributed by atoms with Gasteiger partial charge < -0.3 is 5.32 Å². The van der Waals surface area contributed by atoms with E-state index >= 15 is 0 Å². The average Bonchev–Trinajstić information content (AvgIpc) is 2.53. The van der Waals surface area contributed by atoms with Crippen molar-refractivity contribution >= 4 is 11.3 Å². The van der Waals surface area contributed by atoms with Gasteiger partial charge in [0.2, 0.25) is 0 Å². The lowest BCUT2D eigenvalue weighted by Gasteiger charge is -2.26. The molecule has 0 spiro atoms. The van der Waals surface area contributed by atoms with Crippen molar-refractivity contribution in [3.05, 3.63) is 16.6 Å². The molecule has 86 valence electrons. The number of thiazole rings is 1. The second-order valence-electron chi connectivity index (χ2n) is 5.35. The molecule has 3 heteroatoms. The summed E-state index contributed by atoms with van der Waals surface area (Å²) in [5.74, 6) is 0.765. The maximum atomic E-state index is 4.25. The first kappa shape index (κ1) is 12.7. The summed E-state index contributed by atoms with van der Waals surface area (Å²) in [6.07, 6.45) is 1.26. The van der Waals surface area contributed by atoms with Crippen molar-refractivity contribution in [2.24, 2.45) is 11.3 Å². The molecule has 0 aliphatic heterocycles. The van der Waals surface area contributed by atoms with Crippen LogP contribution in [0.5, 0.6) is 0 Å². The van der Waals surface area contributed by atoms with Gasteiger partial charge in [0.15, 0.2) is 0 Å². The lowest BCUT2D eigenvalue weighted by atomic mass is 9.84. The Labute approximate surface area is 97.1 Å². The van der Waals surface area contributed by atoms with E-state index in [1.165, 1.54) is 6.42 Å². The first-order chi connectivity index (χ1) is 6.99. The molecular formula is C12H22N2S. The molecule has 0 saturated carbocycles. The molecule has 0 bridgehead atoms. The van der Waals surface area contributed by atoms with Crippen LogP contribution in [-0.2, 0) is 6.54 Å². The summed E-state index contributed by atoms with van der Waals surface area (Å²) in [6, 6.07) is 0. The van der Waals surface area contributed by atoms with E-state index in [1.54, 1.807) is 11.3 Å². The fourth-order valence-electron chi connectivity index (χ4n) is 2.03. The summed E-state index contributed by atoms with van der Waals surface area (Å²) in [5.41, 5.74) is 3.42. The molecule has 0 saturated heterocycles. The average molecular weight is 226 g/mol. The van der Waals surface area contributed by atoms with Crippen LogP contribution in [0.15, 0.2) is 10.9 Å². The molecule has 0 aromatic carbocycles. The van der Waals surface area contributed by atoms with E-state index in [-0.39, 0.29) is 0 Å². The van der Waals surface area contributed by atoms with Crippen LogP contribution in [0.4, 0.5) is 0 Å². The van der Waals surface area contributed by atoms with Crippen LogP contribution < -0.4 is 5.32 Å². The van der Waals surface area contributed by atoms with Crippen LogP contribution in [-0.4, -0.2) is 11.5 Å². The molecule has 0 unspecified atom stereocenters. The van der Waals surface area contributed by atoms with Crippen molar-refractivity contribution in [3.63, 3.8) is 0 Å². The van der Waals surface area contributed by atoms with E-state index < -0.39 is 0 Å². The number of hydrogen-bond acceptors (Lipinski definition) is 3. The van der Waals surface area contributed by atoms with Crippen LogP contribution in [0.2, 0.25) is 0 Å². The topological polar surface area (TPSA) is 24.9 Å². The maximum Gasteiger partial charge on any atom is 0.0795 e. The number of hydrogen-bond donors (Lipinski definition) is 1. The first-order valence-corrected chi connectivity index (χ1v) is 6.52. The Balaban J connectivity index is 2.24. The summed E-state index contributed by atoms with van der Waals surface area (Å²) in [6.45, 7) is 11.2. The highest BCUT2D eigenvalue weighted by Crippen LogP contribution is 2.24. The lowest BCUT2D eigenvalue weighted by Crippen LogP contribution is -2.30. The normalized spacial score (nSPS) is 12.3. The van der Waals surface area contributed by atoms with Gasteiger partial charge in [0.1, 0.15) is 0 Å². The smallest absolute Gasteiger partial charge is 0.0795 e. The number of nitrogens with one attached hydrogen (secondary N) is 1. The highest BCUT2D eigenvalue weighted by molar-refractivity contribution is 7.07. The SMILES string of the molecule is CC(C)CC(C)(C)CNCc1cscn1. The molecular weight excluding hydrogens is 204 g/mol. The Bertz CT molecular complexity index is 265. The van der Waals surface area contributed by atoms with Crippen LogP contribution in [0, 0.1) is 11.3 Å². The predicted octanol–water partition coefficient (Wildman–Crippen LogP) is 3.31. The second kappa shape index (κ2) is 5.61. The minimum atomic E-state index is 0.379. The van der Waals surface area contributed by atoms with E-state index in [4.69, 9.17) is 0 Å². The van der Waals surface area contributed by atoms with Gasteiger partial charge >= 0.3 is 0 Å². The van der Waals surface area contributed by atoms with Crippen LogP contribution in [0.3, 0.4) is 0 Å². The van der Waals surface area contributed by atoms with Gasteiger partial charge in [-0.25, -0.2) is 4.98 Å². The third kappa shape index (κ3) is 5.28. The zero-order chi connectivity index (χ0) is 11.3. The number of rotatable bonds is 6. The molecule has 15 heavy (non-hydrogen) atoms. The van der Waals surface area contributed by atoms with E-state index in [2.05, 4.69) is 43.4 Å². The molecule has 0 aliphatic carbocycles. The molecule has 1 N–H and O–H groups in total. The molecule has 1 rings (SSSR count). The minimum absolute atomic E-state index is 0.379. The Morgan fingerprint density at radius 1 is 1.47 bits per heavy atom. The summed E-state index contributed by atoms with van der Waals surface area (Å²) in [7, 11) is 0. The Hall–Kier alpha value is -0.410. The maximum absolute atomic E-state index is 4.25. The fourth-order valence-corrected chi connectivity index (χ4v) is 2.59. The standard InChI is InChI=1S/C12H22N2S/c1-10(2)5-12(3,4)8-13-6-11-7-15-9-14-11/h7,9-10,13H,5-6,8H2,1-4H3. The molecule has 0 fully saturated rings. The molecule has 1 heterocycles. The van der Waals surface area contributed by atoms with Crippen LogP contribution in [0.25, 0.3) is 0 Å². The summed E-state index contributed by atoms with van der Waals surface area (Å²) < 4.78 is 0. The van der Waals surface area contributed by atoms with Crippen molar-refractivity contribution in [3.8, 4) is 0 Å². The molecule has 0 atom stereocenters. The molecule has 1 aromatic heterocycles. The van der Waals surface area contributed by atoms with E-state index in [0.717, 1.165) is 24.7 Å².